The van der Waals surface area contributed by atoms with E-state index in [0.717, 1.165) is 18.4 Å². The zero-order chi connectivity index (χ0) is 22.1. The first-order valence-electron chi connectivity index (χ1n) is 10.8. The van der Waals surface area contributed by atoms with E-state index in [1.165, 1.54) is 22.4 Å². The predicted octanol–water partition coefficient (Wildman–Crippen LogP) is 3.96. The number of hydrogen-bond acceptors (Lipinski definition) is 3. The molecule has 0 spiro atoms. The lowest BCUT2D eigenvalue weighted by Crippen LogP contribution is -2.42. The van der Waals surface area contributed by atoms with Gasteiger partial charge in [0.25, 0.3) is 5.91 Å². The predicted molar refractivity (Wildman–Crippen MR) is 124 cm³/mol. The van der Waals surface area contributed by atoms with Gasteiger partial charge in [-0.05, 0) is 72.4 Å². The highest BCUT2D eigenvalue weighted by atomic mass is 16.2. The smallest absolute Gasteiger partial charge is 0.258 e. The number of fused-ring (bicyclic) bond motifs is 2. The molecular weight excluding hydrogens is 402 g/mol. The summed E-state index contributed by atoms with van der Waals surface area (Å²) in [5.41, 5.74) is 6.12. The maximum Gasteiger partial charge on any atom is 0.258 e. The van der Waals surface area contributed by atoms with E-state index < -0.39 is 0 Å². The molecule has 0 saturated heterocycles. The van der Waals surface area contributed by atoms with Gasteiger partial charge in [0.05, 0.1) is 17.8 Å². The van der Waals surface area contributed by atoms with E-state index in [2.05, 4.69) is 22.8 Å². The number of amides is 3. The summed E-state index contributed by atoms with van der Waals surface area (Å²) in [7, 11) is 0. The minimum atomic E-state index is -0.261. The Bertz CT molecular complexity index is 1220. The SMILES string of the molecule is O=C(Cc1ccc2c(c1)CCC2)Nc1ccc(C(=O)N2CC(=O)Nc3ccccc32)cc1. The fourth-order valence-electron chi connectivity index (χ4n) is 4.39. The second-order valence-electron chi connectivity index (χ2n) is 8.22. The van der Waals surface area contributed by atoms with Crippen molar-refractivity contribution < 1.29 is 14.4 Å². The third-order valence-corrected chi connectivity index (χ3v) is 5.96. The molecule has 1 aliphatic carbocycles. The van der Waals surface area contributed by atoms with Crippen molar-refractivity contribution in [3.8, 4) is 0 Å². The van der Waals surface area contributed by atoms with Crippen molar-refractivity contribution in [2.45, 2.75) is 25.7 Å². The fraction of sp³-hybridized carbons (Fsp3) is 0.192. The van der Waals surface area contributed by atoms with Crippen LogP contribution in [0, 0.1) is 0 Å². The largest absolute Gasteiger partial charge is 0.326 e. The molecule has 0 atom stereocenters. The van der Waals surface area contributed by atoms with E-state index >= 15 is 0 Å². The minimum absolute atomic E-state index is 0.0326. The molecule has 6 nitrogen and oxygen atoms in total. The first-order valence-corrected chi connectivity index (χ1v) is 10.8. The molecule has 160 valence electrons. The maximum atomic E-state index is 13.0. The third-order valence-electron chi connectivity index (χ3n) is 5.96. The number of rotatable bonds is 4. The van der Waals surface area contributed by atoms with Crippen molar-refractivity contribution in [2.75, 3.05) is 22.1 Å². The van der Waals surface area contributed by atoms with Crippen LogP contribution in [0.25, 0.3) is 0 Å². The highest BCUT2D eigenvalue weighted by Gasteiger charge is 2.27. The van der Waals surface area contributed by atoms with Crippen molar-refractivity contribution in [3.05, 3.63) is 89.0 Å². The van der Waals surface area contributed by atoms with Gasteiger partial charge in [-0.2, -0.15) is 0 Å². The number of para-hydroxylation sites is 2. The number of benzene rings is 3. The summed E-state index contributed by atoms with van der Waals surface area (Å²) >= 11 is 0. The van der Waals surface area contributed by atoms with Gasteiger partial charge in [-0.1, -0.05) is 30.3 Å². The molecule has 2 aliphatic rings. The van der Waals surface area contributed by atoms with E-state index in [1.807, 2.05) is 18.2 Å². The number of nitrogens with zero attached hydrogens (tertiary/aromatic N) is 1. The van der Waals surface area contributed by atoms with Gasteiger partial charge < -0.3 is 10.6 Å². The molecule has 0 saturated carbocycles. The number of anilines is 3. The lowest BCUT2D eigenvalue weighted by Gasteiger charge is -2.29. The summed E-state index contributed by atoms with van der Waals surface area (Å²) in [6.07, 6.45) is 3.71. The number of nitrogens with one attached hydrogen (secondary N) is 2. The summed E-state index contributed by atoms with van der Waals surface area (Å²) in [5, 5.41) is 5.68. The van der Waals surface area contributed by atoms with Crippen LogP contribution in [0.4, 0.5) is 17.1 Å². The Morgan fingerprint density at radius 3 is 2.56 bits per heavy atom. The Labute approximate surface area is 186 Å². The van der Waals surface area contributed by atoms with Gasteiger partial charge >= 0.3 is 0 Å². The molecule has 32 heavy (non-hydrogen) atoms. The van der Waals surface area contributed by atoms with Crippen LogP contribution in [-0.2, 0) is 28.9 Å². The van der Waals surface area contributed by atoms with Crippen molar-refractivity contribution >= 4 is 34.8 Å². The molecule has 6 heteroatoms. The zero-order valence-electron chi connectivity index (χ0n) is 17.6. The van der Waals surface area contributed by atoms with Gasteiger partial charge in [-0.25, -0.2) is 0 Å². The third kappa shape index (κ3) is 3.99. The highest BCUT2D eigenvalue weighted by Crippen LogP contribution is 2.30. The number of carbonyl (C=O) groups is 3. The fourth-order valence-corrected chi connectivity index (χ4v) is 4.39. The van der Waals surface area contributed by atoms with Crippen LogP contribution in [-0.4, -0.2) is 24.3 Å². The van der Waals surface area contributed by atoms with E-state index in [9.17, 15) is 14.4 Å². The summed E-state index contributed by atoms with van der Waals surface area (Å²) in [6.45, 7) is -0.0326. The van der Waals surface area contributed by atoms with Crippen LogP contribution >= 0.6 is 0 Å². The van der Waals surface area contributed by atoms with Crippen LogP contribution in [0.15, 0.2) is 66.7 Å². The second-order valence-corrected chi connectivity index (χ2v) is 8.22. The molecule has 0 fully saturated rings. The molecule has 0 bridgehead atoms. The molecule has 1 heterocycles. The van der Waals surface area contributed by atoms with Crippen LogP contribution in [0.2, 0.25) is 0 Å². The molecule has 2 N–H and O–H groups in total. The summed E-state index contributed by atoms with van der Waals surface area (Å²) in [6, 6.07) is 20.3. The zero-order valence-corrected chi connectivity index (χ0v) is 17.6. The van der Waals surface area contributed by atoms with Crippen molar-refractivity contribution in [2.24, 2.45) is 0 Å². The first kappa shape index (κ1) is 20.0. The summed E-state index contributed by atoms with van der Waals surface area (Å²) < 4.78 is 0. The highest BCUT2D eigenvalue weighted by molar-refractivity contribution is 6.15. The maximum absolute atomic E-state index is 13.0. The topological polar surface area (TPSA) is 78.5 Å². The van der Waals surface area contributed by atoms with Gasteiger partial charge in [0.15, 0.2) is 0 Å². The van der Waals surface area contributed by atoms with Gasteiger partial charge in [0, 0.05) is 11.3 Å². The Morgan fingerprint density at radius 1 is 0.938 bits per heavy atom. The molecule has 3 amide bonds. The van der Waals surface area contributed by atoms with Crippen LogP contribution in [0.5, 0.6) is 0 Å². The van der Waals surface area contributed by atoms with E-state index in [1.54, 1.807) is 36.4 Å². The van der Waals surface area contributed by atoms with Gasteiger partial charge in [-0.15, -0.1) is 0 Å². The Kier molecular flexibility index (Phi) is 5.19. The van der Waals surface area contributed by atoms with Gasteiger partial charge in [0.2, 0.25) is 11.8 Å². The average Bonchev–Trinajstić information content (AvgIpc) is 3.26. The van der Waals surface area contributed by atoms with E-state index in [0.29, 0.717) is 29.0 Å². The normalized spacial score (nSPS) is 14.4. The Hall–Kier alpha value is -3.93. The van der Waals surface area contributed by atoms with Crippen molar-refractivity contribution in [1.29, 1.82) is 0 Å². The number of aryl methyl sites for hydroxylation is 2. The molecule has 3 aromatic carbocycles. The molecular formula is C26H23N3O3. The minimum Gasteiger partial charge on any atom is -0.326 e. The Balaban J connectivity index is 1.26. The quantitative estimate of drug-likeness (QED) is 0.664. The first-order chi connectivity index (χ1) is 15.6. The molecule has 5 rings (SSSR count). The van der Waals surface area contributed by atoms with Crippen LogP contribution < -0.4 is 15.5 Å². The lowest BCUT2D eigenvalue weighted by atomic mass is 10.0. The monoisotopic (exact) mass is 425 g/mol. The second kappa shape index (κ2) is 8.30. The van der Waals surface area contributed by atoms with E-state index in [-0.39, 0.29) is 24.3 Å². The van der Waals surface area contributed by atoms with Gasteiger partial charge in [-0.3, -0.25) is 19.3 Å². The summed E-state index contributed by atoms with van der Waals surface area (Å²) in [5.74, 6) is -0.584. The van der Waals surface area contributed by atoms with Gasteiger partial charge in [0.1, 0.15) is 6.54 Å². The lowest BCUT2D eigenvalue weighted by molar-refractivity contribution is -0.116. The molecule has 0 unspecified atom stereocenters. The van der Waals surface area contributed by atoms with Crippen molar-refractivity contribution in [1.82, 2.24) is 0 Å². The average molecular weight is 425 g/mol. The molecule has 1 aliphatic heterocycles. The summed E-state index contributed by atoms with van der Waals surface area (Å²) in [4.78, 5) is 39.0. The van der Waals surface area contributed by atoms with Crippen LogP contribution in [0.1, 0.15) is 33.5 Å². The van der Waals surface area contributed by atoms with Crippen molar-refractivity contribution in [3.63, 3.8) is 0 Å². The molecule has 0 aromatic heterocycles. The number of carbonyl (C=O) groups excluding carboxylic acids is 3. The standard InChI is InChI=1S/C26H23N3O3/c30-24(15-17-8-9-18-4-3-5-20(18)14-17)27-21-12-10-19(11-13-21)26(32)29-16-25(31)28-22-6-1-2-7-23(22)29/h1-2,6-14H,3-5,15-16H2,(H,27,30)(H,28,31). The number of hydrogen-bond donors (Lipinski definition) is 2. The molecule has 3 aromatic rings. The van der Waals surface area contributed by atoms with Crippen LogP contribution in [0.3, 0.4) is 0 Å². The Morgan fingerprint density at radius 2 is 1.72 bits per heavy atom. The van der Waals surface area contributed by atoms with E-state index in [4.69, 9.17) is 0 Å². The molecule has 0 radical (unpaired) electrons.